The molecule has 22 heavy (non-hydrogen) atoms. The zero-order valence-corrected chi connectivity index (χ0v) is 15.7. The van der Waals surface area contributed by atoms with Gasteiger partial charge in [0, 0.05) is 6.42 Å². The smallest absolute Gasteiger partial charge is 0.305 e. The van der Waals surface area contributed by atoms with Gasteiger partial charge in [0.15, 0.2) is 0 Å². The molecule has 0 saturated heterocycles. The zero-order valence-electron chi connectivity index (χ0n) is 15.7. The predicted octanol–water partition coefficient (Wildman–Crippen LogP) is 6.52. The van der Waals surface area contributed by atoms with Gasteiger partial charge in [0.05, 0.1) is 6.61 Å². The molecule has 0 saturated carbocycles. The normalized spacial score (nSPS) is 12.6. The summed E-state index contributed by atoms with van der Waals surface area (Å²) in [4.78, 5) is 11.8. The van der Waals surface area contributed by atoms with E-state index in [1.807, 2.05) is 0 Å². The second kappa shape index (κ2) is 15.4. The van der Waals surface area contributed by atoms with E-state index in [9.17, 15) is 4.79 Å². The average Bonchev–Trinajstić information content (AvgIpc) is 2.48. The van der Waals surface area contributed by atoms with Crippen LogP contribution in [-0.2, 0) is 9.53 Å². The number of hydrogen-bond acceptors (Lipinski definition) is 2. The fraction of sp³-hybridized carbons (Fsp3) is 0.950. The molecule has 0 amide bonds. The number of esters is 1. The second-order valence-electron chi connectivity index (χ2n) is 7.18. The molecule has 0 bridgehead atoms. The molecule has 0 spiro atoms. The second-order valence-corrected chi connectivity index (χ2v) is 7.18. The minimum Gasteiger partial charge on any atom is -0.465 e. The third-order valence-electron chi connectivity index (χ3n) is 4.31. The van der Waals surface area contributed by atoms with Gasteiger partial charge in [-0.3, -0.25) is 4.79 Å². The number of carbonyl (C=O) groups is 1. The Kier molecular flexibility index (Phi) is 15.0. The van der Waals surface area contributed by atoms with Crippen LogP contribution in [0.3, 0.4) is 0 Å². The van der Waals surface area contributed by atoms with Gasteiger partial charge in [-0.25, -0.2) is 0 Å². The van der Waals surface area contributed by atoms with Gasteiger partial charge in [-0.1, -0.05) is 79.1 Å². The molecule has 0 aromatic heterocycles. The largest absolute Gasteiger partial charge is 0.465 e. The van der Waals surface area contributed by atoms with E-state index in [-0.39, 0.29) is 5.97 Å². The van der Waals surface area contributed by atoms with Crippen LogP contribution in [0.4, 0.5) is 0 Å². The van der Waals surface area contributed by atoms with Gasteiger partial charge in [0.1, 0.15) is 0 Å². The first-order valence-corrected chi connectivity index (χ1v) is 9.75. The summed E-state index contributed by atoms with van der Waals surface area (Å²) in [6, 6.07) is 0. The molecule has 0 N–H and O–H groups in total. The molecule has 0 rings (SSSR count). The van der Waals surface area contributed by atoms with Crippen LogP contribution < -0.4 is 0 Å². The van der Waals surface area contributed by atoms with Crippen molar-refractivity contribution in [2.24, 2.45) is 11.8 Å². The molecule has 1 unspecified atom stereocenters. The highest BCUT2D eigenvalue weighted by atomic mass is 16.5. The van der Waals surface area contributed by atoms with Gasteiger partial charge >= 0.3 is 5.97 Å². The van der Waals surface area contributed by atoms with E-state index in [1.54, 1.807) is 0 Å². The molecule has 2 heteroatoms. The Morgan fingerprint density at radius 2 is 1.50 bits per heavy atom. The third kappa shape index (κ3) is 14.4. The summed E-state index contributed by atoms with van der Waals surface area (Å²) < 4.78 is 5.49. The van der Waals surface area contributed by atoms with Crippen molar-refractivity contribution >= 4 is 5.97 Å². The lowest BCUT2D eigenvalue weighted by atomic mass is 9.97. The molecule has 0 fully saturated rings. The maximum Gasteiger partial charge on any atom is 0.305 e. The summed E-state index contributed by atoms with van der Waals surface area (Å²) in [5.74, 6) is 1.39. The first-order chi connectivity index (χ1) is 10.6. The average molecular weight is 313 g/mol. The Morgan fingerprint density at radius 1 is 0.818 bits per heavy atom. The standard InChI is InChI=1S/C20H40O2/c1-5-7-10-15-19(13-6-2)17-22-20(21)16-12-9-8-11-14-18(3)4/h18-19H,5-17H2,1-4H3. The van der Waals surface area contributed by atoms with E-state index in [0.717, 1.165) is 18.8 Å². The molecule has 2 nitrogen and oxygen atoms in total. The lowest BCUT2D eigenvalue weighted by Gasteiger charge is -2.16. The first kappa shape index (κ1) is 21.5. The third-order valence-corrected chi connectivity index (χ3v) is 4.31. The molecule has 0 heterocycles. The number of ether oxygens (including phenoxy) is 1. The van der Waals surface area contributed by atoms with Crippen LogP contribution in [0.5, 0.6) is 0 Å². The minimum absolute atomic E-state index is 0.0143. The van der Waals surface area contributed by atoms with Gasteiger partial charge in [-0.2, -0.15) is 0 Å². The molecular weight excluding hydrogens is 272 g/mol. The van der Waals surface area contributed by atoms with Crippen LogP contribution in [0.25, 0.3) is 0 Å². The van der Waals surface area contributed by atoms with E-state index < -0.39 is 0 Å². The highest BCUT2D eigenvalue weighted by Gasteiger charge is 2.11. The van der Waals surface area contributed by atoms with E-state index in [2.05, 4.69) is 27.7 Å². The van der Waals surface area contributed by atoms with Crippen molar-refractivity contribution in [3.8, 4) is 0 Å². The zero-order chi connectivity index (χ0) is 16.6. The van der Waals surface area contributed by atoms with Crippen molar-refractivity contribution in [3.63, 3.8) is 0 Å². The topological polar surface area (TPSA) is 26.3 Å². The molecule has 0 aliphatic heterocycles. The fourth-order valence-corrected chi connectivity index (χ4v) is 2.86. The van der Waals surface area contributed by atoms with Crippen LogP contribution in [0.1, 0.15) is 105 Å². The summed E-state index contributed by atoms with van der Waals surface area (Å²) in [5, 5.41) is 0. The maximum absolute atomic E-state index is 11.8. The van der Waals surface area contributed by atoms with E-state index in [4.69, 9.17) is 4.74 Å². The molecular formula is C20H40O2. The fourth-order valence-electron chi connectivity index (χ4n) is 2.86. The summed E-state index contributed by atoms with van der Waals surface area (Å²) in [6.45, 7) is 9.63. The Balaban J connectivity index is 3.62. The van der Waals surface area contributed by atoms with Crippen LogP contribution in [0.15, 0.2) is 0 Å². The lowest BCUT2D eigenvalue weighted by Crippen LogP contribution is -2.14. The van der Waals surface area contributed by atoms with Crippen LogP contribution in [0, 0.1) is 11.8 Å². The lowest BCUT2D eigenvalue weighted by molar-refractivity contribution is -0.145. The van der Waals surface area contributed by atoms with E-state index >= 15 is 0 Å². The van der Waals surface area contributed by atoms with Crippen molar-refractivity contribution in [1.29, 1.82) is 0 Å². The molecule has 0 radical (unpaired) electrons. The highest BCUT2D eigenvalue weighted by Crippen LogP contribution is 2.17. The van der Waals surface area contributed by atoms with Gasteiger partial charge in [-0.05, 0) is 31.1 Å². The number of hydrogen-bond donors (Lipinski definition) is 0. The Bertz CT molecular complexity index is 248. The van der Waals surface area contributed by atoms with Crippen LogP contribution in [-0.4, -0.2) is 12.6 Å². The monoisotopic (exact) mass is 312 g/mol. The quantitative estimate of drug-likeness (QED) is 0.254. The van der Waals surface area contributed by atoms with Crippen molar-refractivity contribution < 1.29 is 9.53 Å². The summed E-state index contributed by atoms with van der Waals surface area (Å²) in [5.41, 5.74) is 0. The van der Waals surface area contributed by atoms with E-state index in [1.165, 1.54) is 57.8 Å². The van der Waals surface area contributed by atoms with Crippen molar-refractivity contribution in [2.45, 2.75) is 105 Å². The maximum atomic E-state index is 11.8. The first-order valence-electron chi connectivity index (χ1n) is 9.75. The highest BCUT2D eigenvalue weighted by molar-refractivity contribution is 5.69. The van der Waals surface area contributed by atoms with Gasteiger partial charge in [0.2, 0.25) is 0 Å². The number of carbonyl (C=O) groups excluding carboxylic acids is 1. The molecule has 0 aliphatic carbocycles. The molecule has 0 aromatic carbocycles. The molecule has 1 atom stereocenters. The Morgan fingerprint density at radius 3 is 2.14 bits per heavy atom. The number of rotatable bonds is 15. The van der Waals surface area contributed by atoms with Crippen LogP contribution in [0.2, 0.25) is 0 Å². The Hall–Kier alpha value is -0.530. The molecule has 0 aromatic rings. The number of unbranched alkanes of at least 4 members (excludes halogenated alkanes) is 5. The Labute approximate surface area is 139 Å². The summed E-state index contributed by atoms with van der Waals surface area (Å²) >= 11 is 0. The van der Waals surface area contributed by atoms with Gasteiger partial charge in [0.25, 0.3) is 0 Å². The molecule has 132 valence electrons. The summed E-state index contributed by atoms with van der Waals surface area (Å²) in [6.07, 6.45) is 14.0. The van der Waals surface area contributed by atoms with Crippen molar-refractivity contribution in [3.05, 3.63) is 0 Å². The van der Waals surface area contributed by atoms with Crippen molar-refractivity contribution in [2.75, 3.05) is 6.61 Å². The van der Waals surface area contributed by atoms with Crippen molar-refractivity contribution in [1.82, 2.24) is 0 Å². The van der Waals surface area contributed by atoms with Gasteiger partial charge < -0.3 is 4.74 Å². The van der Waals surface area contributed by atoms with Crippen LogP contribution >= 0.6 is 0 Å². The minimum atomic E-state index is 0.0143. The summed E-state index contributed by atoms with van der Waals surface area (Å²) in [7, 11) is 0. The SMILES string of the molecule is CCCCCC(CCC)COC(=O)CCCCCCC(C)C. The predicted molar refractivity (Wildman–Crippen MR) is 96.0 cm³/mol. The van der Waals surface area contributed by atoms with E-state index in [0.29, 0.717) is 18.9 Å². The molecule has 0 aliphatic rings. The van der Waals surface area contributed by atoms with Gasteiger partial charge in [-0.15, -0.1) is 0 Å².